The molecule has 0 atom stereocenters. The lowest BCUT2D eigenvalue weighted by molar-refractivity contribution is 0.247. The molecular formula is C12H15N5. The second-order valence-electron chi connectivity index (χ2n) is 4.63. The maximum Gasteiger partial charge on any atom is 0.158 e. The van der Waals surface area contributed by atoms with Gasteiger partial charge < -0.3 is 4.90 Å². The lowest BCUT2D eigenvalue weighted by Crippen LogP contribution is -2.47. The molecule has 1 saturated heterocycles. The maximum atomic E-state index is 8.67. The lowest BCUT2D eigenvalue weighted by Gasteiger charge is -2.35. The largest absolute Gasteiger partial charge is 0.353 e. The first-order valence-electron chi connectivity index (χ1n) is 6.08. The number of rotatable bonds is 2. The van der Waals surface area contributed by atoms with Gasteiger partial charge in [0.05, 0.1) is 12.4 Å². The molecule has 2 heterocycles. The second kappa shape index (κ2) is 4.30. The Hall–Kier alpha value is -1.67. The quantitative estimate of drug-likeness (QED) is 0.744. The highest BCUT2D eigenvalue weighted by Crippen LogP contribution is 2.27. The van der Waals surface area contributed by atoms with Crippen molar-refractivity contribution in [1.82, 2.24) is 14.9 Å². The van der Waals surface area contributed by atoms with E-state index < -0.39 is 0 Å². The highest BCUT2D eigenvalue weighted by atomic mass is 15.3. The molecule has 0 bridgehead atoms. The van der Waals surface area contributed by atoms with E-state index in [0.717, 1.165) is 38.0 Å². The Morgan fingerprint density at radius 2 is 1.88 bits per heavy atom. The third kappa shape index (κ3) is 2.22. The predicted octanol–water partition coefficient (Wildman–Crippen LogP) is 0.633. The van der Waals surface area contributed by atoms with Crippen LogP contribution in [0.3, 0.4) is 0 Å². The fourth-order valence-electron chi connectivity index (χ4n) is 2.30. The van der Waals surface area contributed by atoms with Gasteiger partial charge in [0.25, 0.3) is 0 Å². The molecular weight excluding hydrogens is 214 g/mol. The van der Waals surface area contributed by atoms with Gasteiger partial charge in [-0.1, -0.05) is 0 Å². The van der Waals surface area contributed by atoms with Crippen LogP contribution < -0.4 is 4.90 Å². The van der Waals surface area contributed by atoms with Crippen LogP contribution in [0.15, 0.2) is 12.4 Å². The molecule has 17 heavy (non-hydrogen) atoms. The zero-order valence-electron chi connectivity index (χ0n) is 9.71. The smallest absolute Gasteiger partial charge is 0.158 e. The van der Waals surface area contributed by atoms with Gasteiger partial charge >= 0.3 is 0 Å². The third-order valence-corrected chi connectivity index (χ3v) is 3.45. The third-order valence-electron chi connectivity index (χ3n) is 3.45. The first kappa shape index (κ1) is 10.5. The SMILES string of the molecule is N#Cc1cnc(N2CCN(C3CC3)CC2)cn1. The zero-order valence-corrected chi connectivity index (χ0v) is 9.71. The molecule has 0 N–H and O–H groups in total. The highest BCUT2D eigenvalue weighted by molar-refractivity contribution is 5.37. The van der Waals surface area contributed by atoms with Crippen molar-refractivity contribution in [1.29, 1.82) is 5.26 Å². The highest BCUT2D eigenvalue weighted by Gasteiger charge is 2.31. The van der Waals surface area contributed by atoms with Gasteiger partial charge in [-0.2, -0.15) is 5.26 Å². The van der Waals surface area contributed by atoms with E-state index in [1.807, 2.05) is 6.07 Å². The van der Waals surface area contributed by atoms with Crippen molar-refractivity contribution >= 4 is 5.82 Å². The van der Waals surface area contributed by atoms with E-state index in [0.29, 0.717) is 5.69 Å². The normalized spacial score (nSPS) is 21.2. The van der Waals surface area contributed by atoms with E-state index in [1.165, 1.54) is 12.8 Å². The Labute approximate surface area is 101 Å². The molecule has 1 aliphatic heterocycles. The van der Waals surface area contributed by atoms with Gasteiger partial charge in [0.2, 0.25) is 0 Å². The molecule has 2 aliphatic rings. The van der Waals surface area contributed by atoms with E-state index in [9.17, 15) is 0 Å². The molecule has 88 valence electrons. The molecule has 1 aromatic heterocycles. The maximum absolute atomic E-state index is 8.67. The molecule has 3 rings (SSSR count). The van der Waals surface area contributed by atoms with Crippen molar-refractivity contribution in [2.75, 3.05) is 31.1 Å². The van der Waals surface area contributed by atoms with Gasteiger partial charge in [-0.25, -0.2) is 9.97 Å². The molecule has 0 amide bonds. The van der Waals surface area contributed by atoms with E-state index in [1.54, 1.807) is 12.4 Å². The van der Waals surface area contributed by atoms with Crippen LogP contribution in [0.4, 0.5) is 5.82 Å². The Kier molecular flexibility index (Phi) is 2.65. The molecule has 1 aromatic rings. The van der Waals surface area contributed by atoms with Gasteiger partial charge in [-0.15, -0.1) is 0 Å². The lowest BCUT2D eigenvalue weighted by atomic mass is 10.3. The molecule has 0 spiro atoms. The monoisotopic (exact) mass is 229 g/mol. The summed E-state index contributed by atoms with van der Waals surface area (Å²) in [7, 11) is 0. The van der Waals surface area contributed by atoms with Crippen LogP contribution in [-0.4, -0.2) is 47.1 Å². The van der Waals surface area contributed by atoms with Crippen molar-refractivity contribution in [3.63, 3.8) is 0 Å². The van der Waals surface area contributed by atoms with E-state index in [2.05, 4.69) is 19.8 Å². The number of nitriles is 1. The predicted molar refractivity (Wildman–Crippen MR) is 63.6 cm³/mol. The number of anilines is 1. The summed E-state index contributed by atoms with van der Waals surface area (Å²) in [6.45, 7) is 4.26. The van der Waals surface area contributed by atoms with Crippen molar-refractivity contribution < 1.29 is 0 Å². The molecule has 5 heteroatoms. The van der Waals surface area contributed by atoms with Crippen molar-refractivity contribution in [3.05, 3.63) is 18.1 Å². The summed E-state index contributed by atoms with van der Waals surface area (Å²) in [5, 5.41) is 8.67. The van der Waals surface area contributed by atoms with Gasteiger partial charge in [0.15, 0.2) is 5.69 Å². The summed E-state index contributed by atoms with van der Waals surface area (Å²) in [4.78, 5) is 13.1. The zero-order chi connectivity index (χ0) is 11.7. The number of aromatic nitrogens is 2. The topological polar surface area (TPSA) is 56.1 Å². The number of hydrogen-bond donors (Lipinski definition) is 0. The van der Waals surface area contributed by atoms with E-state index >= 15 is 0 Å². The molecule has 5 nitrogen and oxygen atoms in total. The summed E-state index contributed by atoms with van der Waals surface area (Å²) < 4.78 is 0. The van der Waals surface area contributed by atoms with Crippen LogP contribution in [0.25, 0.3) is 0 Å². The fourth-order valence-corrected chi connectivity index (χ4v) is 2.30. The minimum absolute atomic E-state index is 0.380. The van der Waals surface area contributed by atoms with Gasteiger partial charge in [0.1, 0.15) is 11.9 Å². The summed E-state index contributed by atoms with van der Waals surface area (Å²) in [6.07, 6.45) is 5.99. The van der Waals surface area contributed by atoms with Gasteiger partial charge in [-0.3, -0.25) is 4.90 Å². The number of nitrogens with zero attached hydrogens (tertiary/aromatic N) is 5. The minimum atomic E-state index is 0.380. The molecule has 2 fully saturated rings. The van der Waals surface area contributed by atoms with Crippen molar-refractivity contribution in [2.24, 2.45) is 0 Å². The second-order valence-corrected chi connectivity index (χ2v) is 4.63. The average Bonchev–Trinajstić information content (AvgIpc) is 3.24. The molecule has 0 unspecified atom stereocenters. The van der Waals surface area contributed by atoms with Crippen LogP contribution >= 0.6 is 0 Å². The van der Waals surface area contributed by atoms with Crippen LogP contribution in [0, 0.1) is 11.3 Å². The van der Waals surface area contributed by atoms with Crippen molar-refractivity contribution in [3.8, 4) is 6.07 Å². The Morgan fingerprint density at radius 1 is 1.12 bits per heavy atom. The summed E-state index contributed by atoms with van der Waals surface area (Å²) in [5.41, 5.74) is 0.380. The Morgan fingerprint density at radius 3 is 2.41 bits per heavy atom. The Balaban J connectivity index is 1.63. The number of piperazine rings is 1. The van der Waals surface area contributed by atoms with Crippen LogP contribution in [0.1, 0.15) is 18.5 Å². The van der Waals surface area contributed by atoms with Crippen LogP contribution in [-0.2, 0) is 0 Å². The first-order valence-corrected chi connectivity index (χ1v) is 6.08. The van der Waals surface area contributed by atoms with Gasteiger partial charge in [-0.05, 0) is 12.8 Å². The van der Waals surface area contributed by atoms with Crippen LogP contribution in [0.2, 0.25) is 0 Å². The van der Waals surface area contributed by atoms with Gasteiger partial charge in [0, 0.05) is 32.2 Å². The first-order chi connectivity index (χ1) is 8.36. The summed E-state index contributed by atoms with van der Waals surface area (Å²) in [5.74, 6) is 0.888. The van der Waals surface area contributed by atoms with Crippen LogP contribution in [0.5, 0.6) is 0 Å². The van der Waals surface area contributed by atoms with Crippen molar-refractivity contribution in [2.45, 2.75) is 18.9 Å². The summed E-state index contributed by atoms with van der Waals surface area (Å²) in [6, 6.07) is 2.84. The summed E-state index contributed by atoms with van der Waals surface area (Å²) >= 11 is 0. The molecule has 1 aliphatic carbocycles. The Bertz CT molecular complexity index is 423. The minimum Gasteiger partial charge on any atom is -0.353 e. The number of hydrogen-bond acceptors (Lipinski definition) is 5. The molecule has 1 saturated carbocycles. The molecule has 0 radical (unpaired) electrons. The average molecular weight is 229 g/mol. The standard InChI is InChI=1S/C12H15N5/c13-7-10-8-15-12(9-14-10)17-5-3-16(4-6-17)11-1-2-11/h8-9,11H,1-6H2. The van der Waals surface area contributed by atoms with E-state index in [-0.39, 0.29) is 0 Å². The molecule has 0 aromatic carbocycles. The van der Waals surface area contributed by atoms with E-state index in [4.69, 9.17) is 5.26 Å². The fraction of sp³-hybridized carbons (Fsp3) is 0.583.